The summed E-state index contributed by atoms with van der Waals surface area (Å²) in [6.45, 7) is 8.13. The molecule has 112 valence electrons. The lowest BCUT2D eigenvalue weighted by molar-refractivity contribution is -0.127. The number of carbonyl (C=O) groups excluding carboxylic acids is 1. The van der Waals surface area contributed by atoms with Gasteiger partial charge in [0, 0.05) is 6.54 Å². The van der Waals surface area contributed by atoms with Crippen molar-refractivity contribution >= 4 is 5.91 Å². The standard InChI is InChI=1S/C16H25NO3/c1-5-6-9-17-16(19)13(4)20-15-8-7-14(12(3)18)10-11(15)2/h7-8,10,12-13,18H,5-6,9H2,1-4H3,(H,17,19)/t12-,13?/m0/s1. The smallest absolute Gasteiger partial charge is 0.260 e. The first kappa shape index (κ1) is 16.5. The van der Waals surface area contributed by atoms with Crippen LogP contribution in [0, 0.1) is 6.92 Å². The zero-order valence-corrected chi connectivity index (χ0v) is 12.8. The van der Waals surface area contributed by atoms with Gasteiger partial charge in [-0.3, -0.25) is 4.79 Å². The number of rotatable bonds is 7. The second kappa shape index (κ2) is 7.90. The third-order valence-corrected chi connectivity index (χ3v) is 3.18. The Balaban J connectivity index is 2.61. The molecule has 2 atom stereocenters. The minimum atomic E-state index is -0.525. The summed E-state index contributed by atoms with van der Waals surface area (Å²) in [6, 6.07) is 5.49. The second-order valence-corrected chi connectivity index (χ2v) is 5.11. The third-order valence-electron chi connectivity index (χ3n) is 3.18. The number of ether oxygens (including phenoxy) is 1. The van der Waals surface area contributed by atoms with Gasteiger partial charge in [0.2, 0.25) is 0 Å². The fourth-order valence-electron chi connectivity index (χ4n) is 1.84. The molecule has 20 heavy (non-hydrogen) atoms. The van der Waals surface area contributed by atoms with Crippen molar-refractivity contribution in [3.05, 3.63) is 29.3 Å². The van der Waals surface area contributed by atoms with Gasteiger partial charge in [0.05, 0.1) is 6.10 Å². The molecule has 0 radical (unpaired) electrons. The molecule has 0 heterocycles. The van der Waals surface area contributed by atoms with E-state index in [9.17, 15) is 9.90 Å². The minimum Gasteiger partial charge on any atom is -0.481 e. The summed E-state index contributed by atoms with van der Waals surface area (Å²) < 4.78 is 5.68. The molecule has 4 heteroatoms. The number of benzene rings is 1. The Bertz CT molecular complexity index is 443. The van der Waals surface area contributed by atoms with Gasteiger partial charge in [-0.25, -0.2) is 0 Å². The highest BCUT2D eigenvalue weighted by atomic mass is 16.5. The number of unbranched alkanes of at least 4 members (excludes halogenated alkanes) is 1. The normalized spacial score (nSPS) is 13.7. The summed E-state index contributed by atoms with van der Waals surface area (Å²) in [5.74, 6) is 0.574. The molecule has 0 saturated carbocycles. The maximum Gasteiger partial charge on any atom is 0.260 e. The van der Waals surface area contributed by atoms with Crippen molar-refractivity contribution in [3.8, 4) is 5.75 Å². The SMILES string of the molecule is CCCCNC(=O)C(C)Oc1ccc([C@H](C)O)cc1C. The summed E-state index contributed by atoms with van der Waals surface area (Å²) in [5, 5.41) is 12.4. The molecule has 0 aliphatic heterocycles. The van der Waals surface area contributed by atoms with Crippen LogP contribution in [0.5, 0.6) is 5.75 Å². The number of aryl methyl sites for hydroxylation is 1. The monoisotopic (exact) mass is 279 g/mol. The van der Waals surface area contributed by atoms with Gasteiger partial charge < -0.3 is 15.2 Å². The summed E-state index contributed by atoms with van der Waals surface area (Å²) in [4.78, 5) is 11.8. The maximum absolute atomic E-state index is 11.8. The van der Waals surface area contributed by atoms with Gasteiger partial charge in [0.1, 0.15) is 5.75 Å². The fraction of sp³-hybridized carbons (Fsp3) is 0.562. The van der Waals surface area contributed by atoms with E-state index in [0.29, 0.717) is 12.3 Å². The van der Waals surface area contributed by atoms with Crippen molar-refractivity contribution in [2.24, 2.45) is 0 Å². The van der Waals surface area contributed by atoms with E-state index >= 15 is 0 Å². The predicted octanol–water partition coefficient (Wildman–Crippen LogP) is 2.73. The summed E-state index contributed by atoms with van der Waals surface area (Å²) in [5.41, 5.74) is 1.76. The van der Waals surface area contributed by atoms with Crippen molar-refractivity contribution < 1.29 is 14.6 Å². The van der Waals surface area contributed by atoms with Crippen molar-refractivity contribution in [2.75, 3.05) is 6.54 Å². The topological polar surface area (TPSA) is 58.6 Å². The van der Waals surface area contributed by atoms with Gasteiger partial charge in [-0.15, -0.1) is 0 Å². The summed E-state index contributed by atoms with van der Waals surface area (Å²) in [6.07, 6.45) is 0.996. The van der Waals surface area contributed by atoms with Crippen molar-refractivity contribution in [1.82, 2.24) is 5.32 Å². The van der Waals surface area contributed by atoms with Crippen LogP contribution in [0.3, 0.4) is 0 Å². The van der Waals surface area contributed by atoms with Crippen LogP contribution in [0.15, 0.2) is 18.2 Å². The molecule has 0 aliphatic rings. The minimum absolute atomic E-state index is 0.0996. The highest BCUT2D eigenvalue weighted by Gasteiger charge is 2.15. The van der Waals surface area contributed by atoms with E-state index in [2.05, 4.69) is 12.2 Å². The first-order chi connectivity index (χ1) is 9.45. The molecule has 1 unspecified atom stereocenters. The average Bonchev–Trinajstić information content (AvgIpc) is 2.40. The summed E-state index contributed by atoms with van der Waals surface area (Å²) >= 11 is 0. The number of carbonyl (C=O) groups is 1. The molecule has 0 aromatic heterocycles. The fourth-order valence-corrected chi connectivity index (χ4v) is 1.84. The van der Waals surface area contributed by atoms with Crippen LogP contribution in [0.2, 0.25) is 0 Å². The maximum atomic E-state index is 11.8. The number of nitrogens with one attached hydrogen (secondary N) is 1. The van der Waals surface area contributed by atoms with Crippen LogP contribution in [0.25, 0.3) is 0 Å². The number of aliphatic hydroxyl groups is 1. The Hall–Kier alpha value is -1.55. The molecule has 1 aromatic carbocycles. The van der Waals surface area contributed by atoms with Crippen molar-refractivity contribution in [2.45, 2.75) is 52.7 Å². The predicted molar refractivity (Wildman–Crippen MR) is 79.8 cm³/mol. The Morgan fingerprint density at radius 2 is 2.10 bits per heavy atom. The van der Waals surface area contributed by atoms with Crippen LogP contribution in [0.1, 0.15) is 50.8 Å². The first-order valence-corrected chi connectivity index (χ1v) is 7.18. The van der Waals surface area contributed by atoms with Crippen LogP contribution in [-0.2, 0) is 4.79 Å². The molecule has 0 spiro atoms. The van der Waals surface area contributed by atoms with E-state index in [-0.39, 0.29) is 5.91 Å². The van der Waals surface area contributed by atoms with E-state index in [1.807, 2.05) is 19.1 Å². The van der Waals surface area contributed by atoms with E-state index in [4.69, 9.17) is 4.74 Å². The molecule has 4 nitrogen and oxygen atoms in total. The Morgan fingerprint density at radius 1 is 1.40 bits per heavy atom. The van der Waals surface area contributed by atoms with Crippen molar-refractivity contribution in [1.29, 1.82) is 0 Å². The Morgan fingerprint density at radius 3 is 2.65 bits per heavy atom. The molecule has 0 bridgehead atoms. The molecule has 1 rings (SSSR count). The highest BCUT2D eigenvalue weighted by molar-refractivity contribution is 5.80. The molecule has 0 aliphatic carbocycles. The number of hydrogen-bond acceptors (Lipinski definition) is 3. The largest absolute Gasteiger partial charge is 0.481 e. The van der Waals surface area contributed by atoms with E-state index in [0.717, 1.165) is 24.0 Å². The highest BCUT2D eigenvalue weighted by Crippen LogP contribution is 2.23. The lowest BCUT2D eigenvalue weighted by Crippen LogP contribution is -2.36. The third kappa shape index (κ3) is 4.85. The molecule has 1 aromatic rings. The lowest BCUT2D eigenvalue weighted by atomic mass is 10.1. The van der Waals surface area contributed by atoms with Gasteiger partial charge in [-0.1, -0.05) is 19.4 Å². The van der Waals surface area contributed by atoms with E-state index < -0.39 is 12.2 Å². The van der Waals surface area contributed by atoms with Crippen molar-refractivity contribution in [3.63, 3.8) is 0 Å². The van der Waals surface area contributed by atoms with Crippen LogP contribution in [0.4, 0.5) is 0 Å². The number of amides is 1. The molecule has 2 N–H and O–H groups in total. The lowest BCUT2D eigenvalue weighted by Gasteiger charge is -2.17. The van der Waals surface area contributed by atoms with Crippen LogP contribution >= 0.6 is 0 Å². The van der Waals surface area contributed by atoms with Gasteiger partial charge in [-0.05, 0) is 50.5 Å². The molecule has 0 saturated heterocycles. The second-order valence-electron chi connectivity index (χ2n) is 5.11. The van der Waals surface area contributed by atoms with Gasteiger partial charge in [0.25, 0.3) is 5.91 Å². The van der Waals surface area contributed by atoms with Gasteiger partial charge in [-0.2, -0.15) is 0 Å². The van der Waals surface area contributed by atoms with Gasteiger partial charge in [0.15, 0.2) is 6.10 Å². The quantitative estimate of drug-likeness (QED) is 0.755. The Kier molecular flexibility index (Phi) is 6.52. The number of aliphatic hydroxyl groups excluding tert-OH is 1. The zero-order valence-electron chi connectivity index (χ0n) is 12.8. The van der Waals surface area contributed by atoms with E-state index in [1.165, 1.54) is 0 Å². The molecule has 1 amide bonds. The average molecular weight is 279 g/mol. The summed E-state index contributed by atoms with van der Waals surface area (Å²) in [7, 11) is 0. The molecule has 0 fully saturated rings. The van der Waals surface area contributed by atoms with Gasteiger partial charge >= 0.3 is 0 Å². The molecular formula is C16H25NO3. The molecular weight excluding hydrogens is 254 g/mol. The first-order valence-electron chi connectivity index (χ1n) is 7.18. The Labute approximate surface area is 121 Å². The van der Waals surface area contributed by atoms with Crippen LogP contribution in [-0.4, -0.2) is 23.7 Å². The van der Waals surface area contributed by atoms with Crippen LogP contribution < -0.4 is 10.1 Å². The zero-order chi connectivity index (χ0) is 15.1. The van der Waals surface area contributed by atoms with E-state index in [1.54, 1.807) is 19.9 Å². The number of hydrogen-bond donors (Lipinski definition) is 2.